The fraction of sp³-hybridized carbons (Fsp3) is 0.417. The highest BCUT2D eigenvalue weighted by Gasteiger charge is 2.55. The summed E-state index contributed by atoms with van der Waals surface area (Å²) >= 11 is 1.95. The van der Waals surface area contributed by atoms with E-state index in [9.17, 15) is 34.2 Å². The molecule has 2 aliphatic heterocycles. The zero-order valence-corrected chi connectivity index (χ0v) is 26.8. The number of thioether (sulfide) groups is 1. The number of carbonyl (C=O) groups excluding carboxylic acids is 3. The molecule has 0 bridgehead atoms. The number of nitrogen functional groups attached to an aromatic ring is 2. The van der Waals surface area contributed by atoms with Gasteiger partial charge >= 0.3 is 11.9 Å². The summed E-state index contributed by atoms with van der Waals surface area (Å²) in [5, 5.41) is 27.4. The zero-order valence-electron chi connectivity index (χ0n) is 25.2. The Hall–Kier alpha value is -5.45. The van der Waals surface area contributed by atoms with E-state index in [1.807, 2.05) is 0 Å². The molecule has 0 spiro atoms. The van der Waals surface area contributed by atoms with Crippen molar-refractivity contribution in [3.63, 3.8) is 0 Å². The van der Waals surface area contributed by atoms with Gasteiger partial charge in [-0.25, -0.2) is 9.59 Å². The van der Waals surface area contributed by atoms with Crippen LogP contribution in [0, 0.1) is 0 Å². The minimum absolute atomic E-state index is 0.00282. The number of guanidine groups is 1. The molecule has 47 heavy (non-hydrogen) atoms. The molecule has 4 rings (SSSR count). The van der Waals surface area contributed by atoms with Crippen molar-refractivity contribution in [3.8, 4) is 0 Å². The average Bonchev–Trinajstić information content (AvgIpc) is 3.53. The Morgan fingerprint density at radius 3 is 2.53 bits per heavy atom. The first kappa shape index (κ1) is 34.4. The average molecular weight is 695 g/mol. The molecule has 0 aromatic carbocycles. The van der Waals surface area contributed by atoms with Crippen LogP contribution in [0.3, 0.4) is 0 Å². The van der Waals surface area contributed by atoms with Gasteiger partial charge in [-0.15, -0.1) is 21.1 Å². The van der Waals surface area contributed by atoms with E-state index in [4.69, 9.17) is 27.8 Å². The summed E-state index contributed by atoms with van der Waals surface area (Å²) < 4.78 is 6.99. The third-order valence-electron chi connectivity index (χ3n) is 6.83. The van der Waals surface area contributed by atoms with Gasteiger partial charge in [0.1, 0.15) is 17.1 Å². The number of aliphatic carboxylic acids is 2. The van der Waals surface area contributed by atoms with Crippen molar-refractivity contribution in [3.05, 3.63) is 23.3 Å². The molecule has 2 aromatic rings. The number of aromatic nitrogens is 4. The van der Waals surface area contributed by atoms with Gasteiger partial charge in [0.25, 0.3) is 11.8 Å². The number of carboxylic acid groups (broad SMARTS) is 2. The molecule has 1 fully saturated rings. The highest BCUT2D eigenvalue weighted by Crippen LogP contribution is 2.40. The first-order valence-corrected chi connectivity index (χ1v) is 15.3. The van der Waals surface area contributed by atoms with E-state index in [0.29, 0.717) is 5.57 Å². The monoisotopic (exact) mass is 694 g/mol. The van der Waals surface area contributed by atoms with Crippen LogP contribution < -0.4 is 38.3 Å². The highest BCUT2D eigenvalue weighted by molar-refractivity contribution is 8.00. The predicted molar refractivity (Wildman–Crippen MR) is 167 cm³/mol. The number of aliphatic imine (C=N–C) groups is 1. The molecule has 23 heteroatoms. The number of fused-ring (bicyclic) bond motifs is 1. The van der Waals surface area contributed by atoms with E-state index in [-0.39, 0.29) is 59.4 Å². The molecular weight excluding hydrogens is 662 g/mol. The van der Waals surface area contributed by atoms with Crippen LogP contribution in [0.4, 0.5) is 16.6 Å². The smallest absolute Gasteiger partial charge is 0.352 e. The number of hydrogen-bond donors (Lipinski definition) is 8. The van der Waals surface area contributed by atoms with Crippen molar-refractivity contribution in [2.75, 3.05) is 29.1 Å². The van der Waals surface area contributed by atoms with Gasteiger partial charge in [-0.05, 0) is 13.8 Å². The first-order valence-electron chi connectivity index (χ1n) is 13.5. The summed E-state index contributed by atoms with van der Waals surface area (Å²) in [6.07, 6.45) is 1.51. The number of anilines is 3. The molecular formula is C24H32N13O8S2+. The van der Waals surface area contributed by atoms with Crippen molar-refractivity contribution < 1.29 is 43.7 Å². The van der Waals surface area contributed by atoms with E-state index in [1.54, 1.807) is 11.7 Å². The molecule has 0 aliphatic carbocycles. The van der Waals surface area contributed by atoms with Crippen LogP contribution in [-0.4, -0.2) is 99.8 Å². The molecule has 4 heterocycles. The fourth-order valence-corrected chi connectivity index (χ4v) is 6.06. The van der Waals surface area contributed by atoms with Crippen LogP contribution in [0.1, 0.15) is 26.1 Å². The molecule has 2 atom stereocenters. The van der Waals surface area contributed by atoms with Crippen molar-refractivity contribution in [1.82, 2.24) is 24.3 Å². The number of carbonyl (C=O) groups is 5. The summed E-state index contributed by atoms with van der Waals surface area (Å²) in [6.45, 7) is 2.48. The van der Waals surface area contributed by atoms with Gasteiger partial charge < -0.3 is 48.6 Å². The second kappa shape index (κ2) is 13.5. The molecule has 12 N–H and O–H groups in total. The van der Waals surface area contributed by atoms with Gasteiger partial charge in [0.2, 0.25) is 29.2 Å². The standard InChI is InChI=1S/C24H31N13O8S2/c1-24(2,21(43)44)45-33-12(16-32-23(28)47-34-16)17(39)31-13-18(40)37-14(20(41)42)9(8-46-19(13)37)6-36-7-10(15(25)35(36)3)30-11(38)4-5-29-22(26)27/h7,13,19,25H,4-6,8H2,1-3H3,(H10,26,27,28,29,30,31,32,34,38,39,41,42,43,44)/p+1/b33-12+/t13-,19-/m1/s1. The Bertz CT molecular complexity index is 1730. The van der Waals surface area contributed by atoms with Gasteiger partial charge in [-0.2, -0.15) is 9.36 Å². The van der Waals surface area contributed by atoms with Gasteiger partial charge in [0.15, 0.2) is 29.1 Å². The molecule has 0 unspecified atom stereocenters. The van der Waals surface area contributed by atoms with Crippen LogP contribution in [0.15, 0.2) is 27.6 Å². The predicted octanol–water partition coefficient (Wildman–Crippen LogP) is -3.05. The number of nitrogens with zero attached hydrogens (tertiary/aromatic N) is 7. The number of amides is 3. The van der Waals surface area contributed by atoms with E-state index in [1.165, 1.54) is 36.5 Å². The maximum absolute atomic E-state index is 13.3. The topological polar surface area (TPSA) is 326 Å². The maximum atomic E-state index is 13.3. The second-order valence-corrected chi connectivity index (χ2v) is 12.5. The maximum Gasteiger partial charge on any atom is 0.352 e. The fourth-order valence-electron chi connectivity index (χ4n) is 4.29. The summed E-state index contributed by atoms with van der Waals surface area (Å²) in [4.78, 5) is 76.5. The summed E-state index contributed by atoms with van der Waals surface area (Å²) in [5.74, 6) is -4.90. The van der Waals surface area contributed by atoms with Gasteiger partial charge in [0, 0.05) is 29.3 Å². The van der Waals surface area contributed by atoms with E-state index in [0.717, 1.165) is 16.4 Å². The zero-order chi connectivity index (χ0) is 34.8. The van der Waals surface area contributed by atoms with E-state index in [2.05, 4.69) is 30.1 Å². The SMILES string of the molecule is Cn1c(N)c(NC(=O)CCN=C(N)N)c[n+]1CC1=C(C(=O)O)N2C(=O)[C@@H](NC(=O)/C(=N/OC(C)(C)C(=O)O)c3nsc(N)n3)[C@H]2SC1. The third-order valence-corrected chi connectivity index (χ3v) is 8.72. The van der Waals surface area contributed by atoms with Crippen LogP contribution in [0.5, 0.6) is 0 Å². The normalized spacial score (nSPS) is 17.8. The Labute approximate surface area is 273 Å². The number of hydrogen-bond acceptors (Lipinski definition) is 14. The molecule has 21 nitrogen and oxygen atoms in total. The largest absolute Gasteiger partial charge is 0.478 e. The van der Waals surface area contributed by atoms with Crippen LogP contribution in [0.2, 0.25) is 0 Å². The van der Waals surface area contributed by atoms with Gasteiger partial charge in [-0.3, -0.25) is 24.3 Å². The molecule has 2 aromatic heterocycles. The molecule has 1 saturated heterocycles. The van der Waals surface area contributed by atoms with Crippen molar-refractivity contribution in [1.29, 1.82) is 0 Å². The van der Waals surface area contributed by atoms with Gasteiger partial charge in [0.05, 0.1) is 13.6 Å². The molecule has 252 valence electrons. The number of nitrogens with one attached hydrogen (secondary N) is 2. The Morgan fingerprint density at radius 2 is 1.94 bits per heavy atom. The van der Waals surface area contributed by atoms with Crippen LogP contribution in [0.25, 0.3) is 0 Å². The summed E-state index contributed by atoms with van der Waals surface area (Å²) in [6, 6.07) is -1.17. The van der Waals surface area contributed by atoms with Crippen LogP contribution in [-0.2, 0) is 42.4 Å². The molecule has 2 aliphatic rings. The Kier molecular flexibility index (Phi) is 9.89. The van der Waals surface area contributed by atoms with Gasteiger partial charge in [-0.1, -0.05) is 5.16 Å². The lowest BCUT2D eigenvalue weighted by atomic mass is 10.0. The lowest BCUT2D eigenvalue weighted by Crippen LogP contribution is -2.71. The molecule has 3 amide bonds. The van der Waals surface area contributed by atoms with Crippen molar-refractivity contribution >= 4 is 81.3 Å². The van der Waals surface area contributed by atoms with E-state index < -0.39 is 52.4 Å². The van der Waals surface area contributed by atoms with Crippen LogP contribution >= 0.6 is 23.3 Å². The Morgan fingerprint density at radius 1 is 1.23 bits per heavy atom. The minimum Gasteiger partial charge on any atom is -0.478 e. The molecule has 0 radical (unpaired) electrons. The number of β-lactam (4-membered cyclic amide) rings is 1. The quantitative estimate of drug-likeness (QED) is 0.0339. The Balaban J connectivity index is 1.52. The molecule has 0 saturated carbocycles. The van der Waals surface area contributed by atoms with Crippen molar-refractivity contribution in [2.24, 2.45) is 28.7 Å². The first-order chi connectivity index (χ1) is 22.0. The number of oxime groups is 1. The highest BCUT2D eigenvalue weighted by atomic mass is 32.2. The van der Waals surface area contributed by atoms with E-state index >= 15 is 0 Å². The second-order valence-electron chi connectivity index (χ2n) is 10.6. The minimum atomic E-state index is -1.82. The van der Waals surface area contributed by atoms with Crippen molar-refractivity contribution in [2.45, 2.75) is 43.8 Å². The summed E-state index contributed by atoms with van der Waals surface area (Å²) in [5.41, 5.74) is 20.3. The lowest BCUT2D eigenvalue weighted by molar-refractivity contribution is -0.765. The number of rotatable bonds is 13. The number of nitrogens with two attached hydrogens (primary N) is 4. The lowest BCUT2D eigenvalue weighted by Gasteiger charge is -2.49. The third kappa shape index (κ3) is 7.35. The summed E-state index contributed by atoms with van der Waals surface area (Å²) in [7, 11) is 1.61. The number of carboxylic acids is 2.